The Morgan fingerprint density at radius 3 is 2.27 bits per heavy atom. The third-order valence-corrected chi connectivity index (χ3v) is 9.65. The number of sulfonamides is 1. The molecule has 3 rings (SSSR count). The molecule has 0 spiro atoms. The van der Waals surface area contributed by atoms with Gasteiger partial charge >= 0.3 is 5.97 Å². The molecule has 1 fully saturated rings. The van der Waals surface area contributed by atoms with E-state index in [1.165, 1.54) is 4.31 Å². The van der Waals surface area contributed by atoms with Gasteiger partial charge in [-0.3, -0.25) is 4.79 Å². The first-order valence-corrected chi connectivity index (χ1v) is 13.1. The second kappa shape index (κ2) is 8.92. The summed E-state index contributed by atoms with van der Waals surface area (Å²) in [7, 11) is -3.74. The van der Waals surface area contributed by atoms with Crippen LogP contribution in [0.25, 0.3) is 0 Å². The molecule has 8 heteroatoms. The van der Waals surface area contributed by atoms with Crippen LogP contribution in [0.15, 0.2) is 4.90 Å². The Kier molecular flexibility index (Phi) is 6.89. The Labute approximate surface area is 198 Å². The summed E-state index contributed by atoms with van der Waals surface area (Å²) < 4.78 is 40.5. The summed E-state index contributed by atoms with van der Waals surface area (Å²) in [6.07, 6.45) is 2.44. The number of piperidine rings is 1. The molecule has 1 aromatic carbocycles. The SMILES string of the molecule is CCOC(=O)C(C#N)C1(C)CCN(S(=O)(=O)c2c(C)c(C)c3c(c2C)CCC(C)(C)O3)CC1. The number of benzene rings is 1. The fourth-order valence-corrected chi connectivity index (χ4v) is 7.08. The number of carbonyl (C=O) groups excluding carboxylic acids is 1. The molecule has 7 nitrogen and oxygen atoms in total. The minimum absolute atomic E-state index is 0.213. The lowest BCUT2D eigenvalue weighted by Gasteiger charge is -2.41. The van der Waals surface area contributed by atoms with E-state index in [0.29, 0.717) is 17.7 Å². The summed E-state index contributed by atoms with van der Waals surface area (Å²) in [5.74, 6) is -0.617. The Balaban J connectivity index is 1.92. The van der Waals surface area contributed by atoms with Crippen molar-refractivity contribution < 1.29 is 22.7 Å². The third kappa shape index (κ3) is 4.50. The highest BCUT2D eigenvalue weighted by Gasteiger charge is 2.45. The molecule has 0 aromatic heterocycles. The first-order valence-electron chi connectivity index (χ1n) is 11.7. The maximum Gasteiger partial charge on any atom is 0.323 e. The van der Waals surface area contributed by atoms with Crippen LogP contribution in [0.1, 0.15) is 69.2 Å². The first kappa shape index (κ1) is 25.5. The smallest absolute Gasteiger partial charge is 0.323 e. The summed E-state index contributed by atoms with van der Waals surface area (Å²) in [5, 5.41) is 9.60. The average molecular weight is 477 g/mol. The maximum absolute atomic E-state index is 13.8. The Morgan fingerprint density at radius 2 is 1.73 bits per heavy atom. The van der Waals surface area contributed by atoms with Gasteiger partial charge in [0, 0.05) is 13.1 Å². The third-order valence-electron chi connectivity index (χ3n) is 7.48. The Hall–Kier alpha value is -2.11. The zero-order chi connectivity index (χ0) is 24.8. The van der Waals surface area contributed by atoms with E-state index in [1.54, 1.807) is 6.92 Å². The predicted molar refractivity (Wildman–Crippen MR) is 126 cm³/mol. The van der Waals surface area contributed by atoms with Gasteiger partial charge in [-0.15, -0.1) is 0 Å². The number of nitrogens with zero attached hydrogens (tertiary/aromatic N) is 2. The summed E-state index contributed by atoms with van der Waals surface area (Å²) in [6, 6.07) is 2.09. The van der Waals surface area contributed by atoms with Gasteiger partial charge in [-0.1, -0.05) is 6.92 Å². The van der Waals surface area contributed by atoms with Crippen molar-refractivity contribution in [3.63, 3.8) is 0 Å². The van der Waals surface area contributed by atoms with Crippen molar-refractivity contribution in [2.24, 2.45) is 11.3 Å². The molecule has 0 aliphatic carbocycles. The molecular formula is C25H36N2O5S. The van der Waals surface area contributed by atoms with E-state index in [9.17, 15) is 18.5 Å². The lowest BCUT2D eigenvalue weighted by Crippen LogP contribution is -2.46. The van der Waals surface area contributed by atoms with E-state index in [0.717, 1.165) is 40.8 Å². The highest BCUT2D eigenvalue weighted by Crippen LogP contribution is 2.44. The lowest BCUT2D eigenvalue weighted by atomic mass is 9.71. The minimum Gasteiger partial charge on any atom is -0.487 e. The van der Waals surface area contributed by atoms with Crippen molar-refractivity contribution in [3.8, 4) is 11.8 Å². The molecule has 0 amide bonds. The minimum atomic E-state index is -3.74. The van der Waals surface area contributed by atoms with Gasteiger partial charge in [-0.2, -0.15) is 9.57 Å². The summed E-state index contributed by atoms with van der Waals surface area (Å²) >= 11 is 0. The van der Waals surface area contributed by atoms with E-state index in [2.05, 4.69) is 19.9 Å². The van der Waals surface area contributed by atoms with E-state index < -0.39 is 27.3 Å². The second-order valence-electron chi connectivity index (χ2n) is 10.2. The van der Waals surface area contributed by atoms with Crippen LogP contribution in [-0.4, -0.2) is 44.0 Å². The summed E-state index contributed by atoms with van der Waals surface area (Å²) in [5.41, 5.74) is 2.43. The standard InChI is InChI=1S/C25H36N2O5S/c1-8-31-23(28)20(15-26)25(7)11-13-27(14-12-25)33(29,30)22-17(3)16(2)21-19(18(22)4)9-10-24(5,6)32-21/h20H,8-14H2,1-7H3. The van der Waals surface area contributed by atoms with Crippen LogP contribution in [0.2, 0.25) is 0 Å². The molecule has 1 atom stereocenters. The fourth-order valence-electron chi connectivity index (χ4n) is 5.11. The van der Waals surface area contributed by atoms with Gasteiger partial charge in [0.2, 0.25) is 10.0 Å². The number of rotatable bonds is 5. The number of hydrogen-bond donors (Lipinski definition) is 0. The molecule has 2 heterocycles. The molecule has 0 bridgehead atoms. The number of carbonyl (C=O) groups is 1. The monoisotopic (exact) mass is 476 g/mol. The van der Waals surface area contributed by atoms with Gasteiger partial charge in [0.1, 0.15) is 17.3 Å². The maximum atomic E-state index is 13.8. The number of nitriles is 1. The van der Waals surface area contributed by atoms with Gasteiger partial charge in [0.25, 0.3) is 0 Å². The molecule has 0 saturated carbocycles. The van der Waals surface area contributed by atoms with Crippen LogP contribution in [0.3, 0.4) is 0 Å². The molecule has 2 aliphatic heterocycles. The molecule has 182 valence electrons. The quantitative estimate of drug-likeness (QED) is 0.591. The van der Waals surface area contributed by atoms with Gasteiger partial charge in [0.15, 0.2) is 0 Å². The first-order chi connectivity index (χ1) is 15.3. The van der Waals surface area contributed by atoms with E-state index in [1.807, 2.05) is 27.7 Å². The molecule has 0 N–H and O–H groups in total. The molecule has 1 unspecified atom stereocenters. The van der Waals surface area contributed by atoms with Crippen molar-refractivity contribution in [2.75, 3.05) is 19.7 Å². The van der Waals surface area contributed by atoms with Crippen LogP contribution in [0.4, 0.5) is 0 Å². The molecular weight excluding hydrogens is 440 g/mol. The van der Waals surface area contributed by atoms with Crippen LogP contribution in [-0.2, 0) is 26.0 Å². The van der Waals surface area contributed by atoms with Crippen LogP contribution in [0, 0.1) is 43.4 Å². The highest BCUT2D eigenvalue weighted by molar-refractivity contribution is 7.89. The second-order valence-corrected chi connectivity index (χ2v) is 12.1. The van der Waals surface area contributed by atoms with E-state index in [4.69, 9.17) is 9.47 Å². The van der Waals surface area contributed by atoms with Gasteiger partial charge in [-0.05, 0) is 94.9 Å². The van der Waals surface area contributed by atoms with Crippen LogP contribution >= 0.6 is 0 Å². The fraction of sp³-hybridized carbons (Fsp3) is 0.680. The van der Waals surface area contributed by atoms with Gasteiger partial charge < -0.3 is 9.47 Å². The van der Waals surface area contributed by atoms with Crippen molar-refractivity contribution >= 4 is 16.0 Å². The Bertz CT molecular complexity index is 1090. The molecule has 2 aliphatic rings. The van der Waals surface area contributed by atoms with Crippen LogP contribution < -0.4 is 4.74 Å². The average Bonchev–Trinajstić information content (AvgIpc) is 2.72. The number of esters is 1. The topological polar surface area (TPSA) is 96.7 Å². The Morgan fingerprint density at radius 1 is 1.12 bits per heavy atom. The molecule has 1 saturated heterocycles. The van der Waals surface area contributed by atoms with E-state index in [-0.39, 0.29) is 25.3 Å². The summed E-state index contributed by atoms with van der Waals surface area (Å²) in [6.45, 7) is 14.1. The zero-order valence-electron chi connectivity index (χ0n) is 20.9. The largest absolute Gasteiger partial charge is 0.487 e. The number of hydrogen-bond acceptors (Lipinski definition) is 6. The van der Waals surface area contributed by atoms with Crippen LogP contribution in [0.5, 0.6) is 5.75 Å². The van der Waals surface area contributed by atoms with Crippen molar-refractivity contribution in [1.82, 2.24) is 4.31 Å². The number of ether oxygens (including phenoxy) is 2. The predicted octanol–water partition coefficient (Wildman–Crippen LogP) is 4.21. The van der Waals surface area contributed by atoms with Crippen molar-refractivity contribution in [1.29, 1.82) is 5.26 Å². The summed E-state index contributed by atoms with van der Waals surface area (Å²) in [4.78, 5) is 12.7. The lowest BCUT2D eigenvalue weighted by molar-refractivity contribution is -0.150. The van der Waals surface area contributed by atoms with Crippen molar-refractivity contribution in [2.45, 2.75) is 84.6 Å². The van der Waals surface area contributed by atoms with Gasteiger partial charge in [-0.25, -0.2) is 8.42 Å². The van der Waals surface area contributed by atoms with Crippen molar-refractivity contribution in [3.05, 3.63) is 22.3 Å². The van der Waals surface area contributed by atoms with E-state index >= 15 is 0 Å². The van der Waals surface area contributed by atoms with Gasteiger partial charge in [0.05, 0.1) is 17.6 Å². The molecule has 0 radical (unpaired) electrons. The molecule has 1 aromatic rings. The normalized spacial score (nSPS) is 20.8. The number of fused-ring (bicyclic) bond motifs is 1. The molecule has 33 heavy (non-hydrogen) atoms. The highest BCUT2D eigenvalue weighted by atomic mass is 32.2. The zero-order valence-corrected chi connectivity index (χ0v) is 21.7.